The normalized spacial score (nSPS) is 11.0. The van der Waals surface area contributed by atoms with E-state index in [9.17, 15) is 15.2 Å². The zero-order valence-corrected chi connectivity index (χ0v) is 15.4. The number of nitriles is 1. The SMILES string of the molecule is N#C/C(=C/c1cc(Br)cc(Br)c1O)C(=O)Nc1ccc(Cl)cc1. The van der Waals surface area contributed by atoms with Gasteiger partial charge in [-0.2, -0.15) is 5.26 Å². The van der Waals surface area contributed by atoms with E-state index in [1.807, 2.05) is 6.07 Å². The predicted molar refractivity (Wildman–Crippen MR) is 97.2 cm³/mol. The van der Waals surface area contributed by atoms with E-state index < -0.39 is 5.91 Å². The lowest BCUT2D eigenvalue weighted by molar-refractivity contribution is -0.112. The van der Waals surface area contributed by atoms with Crippen LogP contribution in [0.2, 0.25) is 5.02 Å². The van der Waals surface area contributed by atoms with Crippen LogP contribution in [-0.2, 0) is 4.79 Å². The fraction of sp³-hybridized carbons (Fsp3) is 0. The van der Waals surface area contributed by atoms with Crippen LogP contribution in [0.5, 0.6) is 5.75 Å². The molecule has 23 heavy (non-hydrogen) atoms. The van der Waals surface area contributed by atoms with E-state index in [-0.39, 0.29) is 11.3 Å². The molecule has 0 aliphatic heterocycles. The highest BCUT2D eigenvalue weighted by molar-refractivity contribution is 9.11. The number of carbonyl (C=O) groups excluding carboxylic acids is 1. The van der Waals surface area contributed by atoms with Crippen LogP contribution in [0.1, 0.15) is 5.56 Å². The number of halogens is 3. The summed E-state index contributed by atoms with van der Waals surface area (Å²) >= 11 is 12.3. The minimum absolute atomic E-state index is 0.0553. The lowest BCUT2D eigenvalue weighted by Crippen LogP contribution is -2.13. The fourth-order valence-electron chi connectivity index (χ4n) is 1.73. The molecule has 1 amide bonds. The molecule has 0 saturated carbocycles. The van der Waals surface area contributed by atoms with Gasteiger partial charge in [0.05, 0.1) is 4.47 Å². The van der Waals surface area contributed by atoms with Crippen LogP contribution in [0.25, 0.3) is 6.08 Å². The van der Waals surface area contributed by atoms with Crippen molar-refractivity contribution in [3.8, 4) is 11.8 Å². The summed E-state index contributed by atoms with van der Waals surface area (Å²) in [5.74, 6) is -0.634. The maximum atomic E-state index is 12.2. The smallest absolute Gasteiger partial charge is 0.266 e. The number of hydrogen-bond donors (Lipinski definition) is 2. The van der Waals surface area contributed by atoms with Crippen LogP contribution in [0, 0.1) is 11.3 Å². The molecule has 0 atom stereocenters. The van der Waals surface area contributed by atoms with Crippen molar-refractivity contribution in [2.75, 3.05) is 5.32 Å². The summed E-state index contributed by atoms with van der Waals surface area (Å²) in [6.45, 7) is 0. The van der Waals surface area contributed by atoms with Crippen molar-refractivity contribution in [3.05, 3.63) is 61.5 Å². The number of hydrogen-bond acceptors (Lipinski definition) is 3. The molecule has 2 aromatic rings. The second-order valence-electron chi connectivity index (χ2n) is 4.46. The molecule has 0 heterocycles. The van der Waals surface area contributed by atoms with Crippen molar-refractivity contribution >= 4 is 61.1 Å². The minimum Gasteiger partial charge on any atom is -0.506 e. The highest BCUT2D eigenvalue weighted by Gasteiger charge is 2.12. The van der Waals surface area contributed by atoms with Crippen molar-refractivity contribution in [2.45, 2.75) is 0 Å². The molecule has 0 aliphatic carbocycles. The average Bonchev–Trinajstić information content (AvgIpc) is 2.51. The van der Waals surface area contributed by atoms with E-state index in [1.165, 1.54) is 6.08 Å². The first-order chi connectivity index (χ1) is 10.9. The molecule has 0 spiro atoms. The molecule has 0 unspecified atom stereocenters. The van der Waals surface area contributed by atoms with Crippen molar-refractivity contribution in [3.63, 3.8) is 0 Å². The summed E-state index contributed by atoms with van der Waals surface area (Å²) < 4.78 is 1.15. The van der Waals surface area contributed by atoms with E-state index in [0.717, 1.165) is 0 Å². The van der Waals surface area contributed by atoms with Gasteiger partial charge in [0.25, 0.3) is 5.91 Å². The first-order valence-electron chi connectivity index (χ1n) is 6.27. The number of nitrogens with zero attached hydrogens (tertiary/aromatic N) is 1. The Hall–Kier alpha value is -1.81. The van der Waals surface area contributed by atoms with E-state index >= 15 is 0 Å². The van der Waals surface area contributed by atoms with Gasteiger partial charge in [-0.05, 0) is 58.4 Å². The number of benzene rings is 2. The number of anilines is 1. The summed E-state index contributed by atoms with van der Waals surface area (Å²) in [6, 6.07) is 11.6. The molecular formula is C16H9Br2ClN2O2. The van der Waals surface area contributed by atoms with Crippen LogP contribution in [-0.4, -0.2) is 11.0 Å². The Morgan fingerprint density at radius 3 is 2.52 bits per heavy atom. The number of rotatable bonds is 3. The second-order valence-corrected chi connectivity index (χ2v) is 6.66. The molecule has 116 valence electrons. The van der Waals surface area contributed by atoms with Crippen molar-refractivity contribution in [2.24, 2.45) is 0 Å². The maximum absolute atomic E-state index is 12.2. The van der Waals surface area contributed by atoms with E-state index in [4.69, 9.17) is 11.6 Å². The summed E-state index contributed by atoms with van der Waals surface area (Å²) in [7, 11) is 0. The number of nitrogens with one attached hydrogen (secondary N) is 1. The lowest BCUT2D eigenvalue weighted by Gasteiger charge is -2.06. The van der Waals surface area contributed by atoms with Gasteiger partial charge in [-0.3, -0.25) is 4.79 Å². The molecule has 2 N–H and O–H groups in total. The van der Waals surface area contributed by atoms with E-state index in [1.54, 1.807) is 36.4 Å². The van der Waals surface area contributed by atoms with Gasteiger partial charge in [0, 0.05) is 20.7 Å². The van der Waals surface area contributed by atoms with Crippen molar-refractivity contribution in [1.29, 1.82) is 5.26 Å². The number of phenolic OH excluding ortho intramolecular Hbond substituents is 1. The summed E-state index contributed by atoms with van der Waals surface area (Å²) in [6.07, 6.45) is 1.32. The van der Waals surface area contributed by atoms with Gasteiger partial charge in [-0.15, -0.1) is 0 Å². The molecule has 4 nitrogen and oxygen atoms in total. The summed E-state index contributed by atoms with van der Waals surface area (Å²) in [5.41, 5.74) is 0.717. The number of aromatic hydroxyl groups is 1. The van der Waals surface area contributed by atoms with Gasteiger partial charge in [0.2, 0.25) is 0 Å². The lowest BCUT2D eigenvalue weighted by atomic mass is 10.1. The number of phenols is 1. The van der Waals surface area contributed by atoms with Gasteiger partial charge in [0.15, 0.2) is 0 Å². The minimum atomic E-state index is -0.578. The van der Waals surface area contributed by atoms with Crippen molar-refractivity contribution in [1.82, 2.24) is 0 Å². The average molecular weight is 457 g/mol. The Bertz CT molecular complexity index is 827. The Kier molecular flexibility index (Phi) is 5.83. The van der Waals surface area contributed by atoms with Crippen LogP contribution >= 0.6 is 43.5 Å². The van der Waals surface area contributed by atoms with Crippen LogP contribution in [0.3, 0.4) is 0 Å². The molecule has 2 aromatic carbocycles. The maximum Gasteiger partial charge on any atom is 0.266 e. The Morgan fingerprint density at radius 2 is 1.91 bits per heavy atom. The zero-order valence-electron chi connectivity index (χ0n) is 11.5. The van der Waals surface area contributed by atoms with Crippen LogP contribution in [0.4, 0.5) is 5.69 Å². The number of carbonyl (C=O) groups is 1. The zero-order chi connectivity index (χ0) is 17.0. The molecule has 2 rings (SSSR count). The Balaban J connectivity index is 2.30. The highest BCUT2D eigenvalue weighted by atomic mass is 79.9. The molecule has 0 bridgehead atoms. The molecule has 0 radical (unpaired) electrons. The second kappa shape index (κ2) is 7.64. The van der Waals surface area contributed by atoms with E-state index in [2.05, 4.69) is 37.2 Å². The van der Waals surface area contributed by atoms with Crippen LogP contribution in [0.15, 0.2) is 50.9 Å². The summed E-state index contributed by atoms with van der Waals surface area (Å²) in [5, 5.41) is 22.3. The highest BCUT2D eigenvalue weighted by Crippen LogP contribution is 2.33. The fourth-order valence-corrected chi connectivity index (χ4v) is 3.12. The third kappa shape index (κ3) is 4.58. The first-order valence-corrected chi connectivity index (χ1v) is 8.24. The monoisotopic (exact) mass is 454 g/mol. The molecule has 0 saturated heterocycles. The standard InChI is InChI=1S/C16H9Br2ClN2O2/c17-11-6-9(15(22)14(18)7-11)5-10(8-20)16(23)21-13-3-1-12(19)2-4-13/h1-7,22H,(H,21,23)/b10-5-. The van der Waals surface area contributed by atoms with Gasteiger partial charge < -0.3 is 10.4 Å². The molecule has 0 fully saturated rings. The third-order valence-electron chi connectivity index (χ3n) is 2.82. The van der Waals surface area contributed by atoms with Crippen molar-refractivity contribution < 1.29 is 9.90 Å². The Morgan fingerprint density at radius 1 is 1.26 bits per heavy atom. The van der Waals surface area contributed by atoms with Crippen LogP contribution < -0.4 is 5.32 Å². The predicted octanol–water partition coefficient (Wildman–Crippen LogP) is 5.12. The topological polar surface area (TPSA) is 73.1 Å². The summed E-state index contributed by atoms with van der Waals surface area (Å²) in [4.78, 5) is 12.2. The Labute approximate surface area is 154 Å². The van der Waals surface area contributed by atoms with E-state index in [0.29, 0.717) is 25.2 Å². The van der Waals surface area contributed by atoms with Gasteiger partial charge in [-0.25, -0.2) is 0 Å². The molecule has 7 heteroatoms. The molecular weight excluding hydrogens is 447 g/mol. The third-order valence-corrected chi connectivity index (χ3v) is 4.14. The van der Waals surface area contributed by atoms with Gasteiger partial charge >= 0.3 is 0 Å². The quantitative estimate of drug-likeness (QED) is 0.498. The van der Waals surface area contributed by atoms with Gasteiger partial charge in [0.1, 0.15) is 17.4 Å². The number of amides is 1. The molecule has 0 aliphatic rings. The molecule has 0 aromatic heterocycles. The largest absolute Gasteiger partial charge is 0.506 e. The van der Waals surface area contributed by atoms with Gasteiger partial charge in [-0.1, -0.05) is 27.5 Å². The first kappa shape index (κ1) is 17.5.